The number of carbonyl (C=O) groups excluding carboxylic acids is 1. The van der Waals surface area contributed by atoms with Gasteiger partial charge < -0.3 is 14.3 Å². The van der Waals surface area contributed by atoms with Crippen molar-refractivity contribution < 1.29 is 9.21 Å². The highest BCUT2D eigenvalue weighted by molar-refractivity contribution is 5.97. The van der Waals surface area contributed by atoms with E-state index in [1.54, 1.807) is 0 Å². The molecular weight excluding hydrogens is 300 g/mol. The number of carbonyl (C=O) groups is 1. The van der Waals surface area contributed by atoms with Crippen LogP contribution in [-0.2, 0) is 6.54 Å². The maximum absolute atomic E-state index is 12.6. The van der Waals surface area contributed by atoms with E-state index in [0.717, 1.165) is 41.7 Å². The molecule has 3 aromatic rings. The fraction of sp³-hybridized carbons (Fsp3) is 0.350. The van der Waals surface area contributed by atoms with Gasteiger partial charge in [0.15, 0.2) is 5.58 Å². The van der Waals surface area contributed by atoms with Gasteiger partial charge in [-0.1, -0.05) is 50.1 Å². The number of benzene rings is 1. The van der Waals surface area contributed by atoms with Crippen LogP contribution in [0.1, 0.15) is 48.0 Å². The first-order valence-electron chi connectivity index (χ1n) is 8.61. The van der Waals surface area contributed by atoms with Gasteiger partial charge in [-0.3, -0.25) is 4.79 Å². The second-order valence-corrected chi connectivity index (χ2v) is 6.17. The maximum atomic E-state index is 12.6. The summed E-state index contributed by atoms with van der Waals surface area (Å²) in [6.07, 6.45) is 3.29. The van der Waals surface area contributed by atoms with Crippen LogP contribution in [0.2, 0.25) is 0 Å². The molecule has 126 valence electrons. The molecule has 0 aliphatic carbocycles. The third-order valence-corrected chi connectivity index (χ3v) is 4.19. The van der Waals surface area contributed by atoms with Gasteiger partial charge in [0.1, 0.15) is 11.5 Å². The van der Waals surface area contributed by atoms with Crippen LogP contribution in [0.5, 0.6) is 0 Å². The molecule has 0 saturated heterocycles. The van der Waals surface area contributed by atoms with E-state index in [4.69, 9.17) is 4.42 Å². The lowest BCUT2D eigenvalue weighted by atomic mass is 10.2. The van der Waals surface area contributed by atoms with Gasteiger partial charge in [0.25, 0.3) is 5.91 Å². The Morgan fingerprint density at radius 1 is 1.17 bits per heavy atom. The molecule has 0 unspecified atom stereocenters. The lowest BCUT2D eigenvalue weighted by Gasteiger charge is -2.10. The fourth-order valence-electron chi connectivity index (χ4n) is 2.96. The fourth-order valence-corrected chi connectivity index (χ4v) is 2.96. The molecule has 1 amide bonds. The van der Waals surface area contributed by atoms with Gasteiger partial charge in [-0.15, -0.1) is 0 Å². The number of nitrogens with one attached hydrogen (secondary N) is 1. The van der Waals surface area contributed by atoms with Crippen molar-refractivity contribution in [3.63, 3.8) is 0 Å². The number of fused-ring (bicyclic) bond motifs is 1. The molecule has 0 atom stereocenters. The summed E-state index contributed by atoms with van der Waals surface area (Å²) in [6, 6.07) is 14.0. The van der Waals surface area contributed by atoms with E-state index >= 15 is 0 Å². The van der Waals surface area contributed by atoms with Gasteiger partial charge in [-0.25, -0.2) is 0 Å². The van der Waals surface area contributed by atoms with Crippen molar-refractivity contribution in [3.05, 3.63) is 59.5 Å². The molecule has 0 aliphatic heterocycles. The smallest absolute Gasteiger partial charge is 0.268 e. The zero-order chi connectivity index (χ0) is 16.9. The van der Waals surface area contributed by atoms with E-state index in [0.29, 0.717) is 18.8 Å². The Kier molecular flexibility index (Phi) is 5.04. The normalized spacial score (nSPS) is 11.1. The van der Waals surface area contributed by atoms with Gasteiger partial charge in [-0.2, -0.15) is 0 Å². The summed E-state index contributed by atoms with van der Waals surface area (Å²) in [5.74, 6) is 0.822. The molecule has 3 rings (SSSR count). The molecule has 2 aromatic heterocycles. The van der Waals surface area contributed by atoms with E-state index in [2.05, 4.69) is 24.4 Å². The molecule has 1 aromatic carbocycles. The number of rotatable bonds is 7. The molecular formula is C20H24N2O2. The molecule has 1 N–H and O–H groups in total. The molecule has 0 bridgehead atoms. The number of aromatic nitrogens is 1. The van der Waals surface area contributed by atoms with Gasteiger partial charge in [-0.05, 0) is 18.9 Å². The highest BCUT2D eigenvalue weighted by atomic mass is 16.3. The van der Waals surface area contributed by atoms with Crippen molar-refractivity contribution in [2.75, 3.05) is 6.54 Å². The molecule has 0 aliphatic rings. The van der Waals surface area contributed by atoms with Crippen molar-refractivity contribution in [3.8, 4) is 0 Å². The topological polar surface area (TPSA) is 47.2 Å². The Balaban J connectivity index is 1.87. The summed E-state index contributed by atoms with van der Waals surface area (Å²) in [5, 5.41) is 3.02. The molecule has 0 fully saturated rings. The number of furan rings is 1. The van der Waals surface area contributed by atoms with Crippen LogP contribution < -0.4 is 5.32 Å². The lowest BCUT2D eigenvalue weighted by Crippen LogP contribution is -2.27. The standard InChI is InChI=1S/C20H24N2O2/c1-3-4-8-11-21-20(23)18-13-19-17(12-15(2)24-19)22(18)14-16-9-6-5-7-10-16/h5-7,9-10,12-13H,3-4,8,11,14H2,1-2H3,(H,21,23). The molecule has 0 radical (unpaired) electrons. The first kappa shape index (κ1) is 16.4. The van der Waals surface area contributed by atoms with Crippen molar-refractivity contribution in [2.45, 2.75) is 39.7 Å². The van der Waals surface area contributed by atoms with Gasteiger partial charge in [0.05, 0.1) is 5.52 Å². The van der Waals surface area contributed by atoms with Crippen LogP contribution in [0.4, 0.5) is 0 Å². The van der Waals surface area contributed by atoms with Crippen molar-refractivity contribution >= 4 is 17.0 Å². The van der Waals surface area contributed by atoms with E-state index in [-0.39, 0.29) is 5.91 Å². The van der Waals surface area contributed by atoms with E-state index in [9.17, 15) is 4.79 Å². The summed E-state index contributed by atoms with van der Waals surface area (Å²) >= 11 is 0. The maximum Gasteiger partial charge on any atom is 0.268 e. The molecule has 0 saturated carbocycles. The Labute approximate surface area is 142 Å². The average molecular weight is 324 g/mol. The largest absolute Gasteiger partial charge is 0.460 e. The van der Waals surface area contributed by atoms with Crippen molar-refractivity contribution in [2.24, 2.45) is 0 Å². The molecule has 24 heavy (non-hydrogen) atoms. The van der Waals surface area contributed by atoms with Crippen LogP contribution >= 0.6 is 0 Å². The van der Waals surface area contributed by atoms with Crippen molar-refractivity contribution in [1.29, 1.82) is 0 Å². The summed E-state index contributed by atoms with van der Waals surface area (Å²) < 4.78 is 7.76. The van der Waals surface area contributed by atoms with Crippen LogP contribution in [0, 0.1) is 6.92 Å². The molecule has 4 nitrogen and oxygen atoms in total. The van der Waals surface area contributed by atoms with Crippen LogP contribution in [0.3, 0.4) is 0 Å². The zero-order valence-electron chi connectivity index (χ0n) is 14.3. The second kappa shape index (κ2) is 7.39. The summed E-state index contributed by atoms with van der Waals surface area (Å²) in [4.78, 5) is 12.6. The third-order valence-electron chi connectivity index (χ3n) is 4.19. The number of aryl methyl sites for hydroxylation is 1. The number of nitrogens with zero attached hydrogens (tertiary/aromatic N) is 1. The predicted molar refractivity (Wildman–Crippen MR) is 96.3 cm³/mol. The number of unbranched alkanes of at least 4 members (excludes halogenated alkanes) is 2. The lowest BCUT2D eigenvalue weighted by molar-refractivity contribution is 0.0944. The van der Waals surface area contributed by atoms with Crippen LogP contribution in [0.15, 0.2) is 46.9 Å². The monoisotopic (exact) mass is 324 g/mol. The molecule has 0 spiro atoms. The Morgan fingerprint density at radius 3 is 2.71 bits per heavy atom. The van der Waals surface area contributed by atoms with Gasteiger partial charge in [0, 0.05) is 25.2 Å². The minimum atomic E-state index is -0.0360. The summed E-state index contributed by atoms with van der Waals surface area (Å²) in [5.41, 5.74) is 3.55. The highest BCUT2D eigenvalue weighted by Crippen LogP contribution is 2.25. The minimum absolute atomic E-state index is 0.0360. The minimum Gasteiger partial charge on any atom is -0.460 e. The van der Waals surface area contributed by atoms with Crippen LogP contribution in [0.25, 0.3) is 11.1 Å². The SMILES string of the molecule is CCCCCNC(=O)c1cc2oc(C)cc2n1Cc1ccccc1. The second-order valence-electron chi connectivity index (χ2n) is 6.17. The Morgan fingerprint density at radius 2 is 1.96 bits per heavy atom. The first-order valence-corrected chi connectivity index (χ1v) is 8.61. The summed E-state index contributed by atoms with van der Waals surface area (Å²) in [6.45, 7) is 5.45. The number of hydrogen-bond donors (Lipinski definition) is 1. The van der Waals surface area contributed by atoms with Gasteiger partial charge in [0.2, 0.25) is 0 Å². The van der Waals surface area contributed by atoms with Gasteiger partial charge >= 0.3 is 0 Å². The summed E-state index contributed by atoms with van der Waals surface area (Å²) in [7, 11) is 0. The van der Waals surface area contributed by atoms with E-state index in [1.165, 1.54) is 0 Å². The van der Waals surface area contributed by atoms with E-state index in [1.807, 2.05) is 41.8 Å². The number of hydrogen-bond acceptors (Lipinski definition) is 2. The zero-order valence-corrected chi connectivity index (χ0v) is 14.3. The van der Waals surface area contributed by atoms with Crippen molar-refractivity contribution in [1.82, 2.24) is 9.88 Å². The average Bonchev–Trinajstić information content (AvgIpc) is 3.10. The Hall–Kier alpha value is -2.49. The first-order chi connectivity index (χ1) is 11.7. The quantitative estimate of drug-likeness (QED) is 0.650. The van der Waals surface area contributed by atoms with Crippen LogP contribution in [-0.4, -0.2) is 17.0 Å². The highest BCUT2D eigenvalue weighted by Gasteiger charge is 2.18. The third kappa shape index (κ3) is 3.53. The predicted octanol–water partition coefficient (Wildman–Crippen LogP) is 4.51. The number of amides is 1. The molecule has 4 heteroatoms. The Bertz CT molecular complexity index is 815. The van der Waals surface area contributed by atoms with E-state index < -0.39 is 0 Å². The molecule has 2 heterocycles.